The fourth-order valence-electron chi connectivity index (χ4n) is 6.35. The van der Waals surface area contributed by atoms with Crippen LogP contribution in [0.2, 0.25) is 0 Å². The monoisotopic (exact) mass is 671 g/mol. The smallest absolute Gasteiger partial charge is 0.274 e. The van der Waals surface area contributed by atoms with Crippen molar-refractivity contribution >= 4 is 21.9 Å². The number of nitrogens with zero attached hydrogens (tertiary/aromatic N) is 5. The zero-order valence-corrected chi connectivity index (χ0v) is 26.6. The first kappa shape index (κ1) is 34.3. The molecule has 3 saturated heterocycles. The number of hydrogen-bond acceptors (Lipinski definition) is 10. The number of aliphatic hydroxyl groups is 1. The fraction of sp³-hybridized carbons (Fsp3) is 0.621. The highest BCUT2D eigenvalue weighted by Crippen LogP contribution is 2.45. The lowest BCUT2D eigenvalue weighted by Crippen LogP contribution is -2.62. The summed E-state index contributed by atoms with van der Waals surface area (Å²) >= 11 is 0. The first-order chi connectivity index (χ1) is 21.6. The topological polar surface area (TPSA) is 163 Å². The normalized spacial score (nSPS) is 23.5. The maximum atomic E-state index is 14.2. The van der Waals surface area contributed by atoms with Crippen LogP contribution in [0, 0.1) is 11.2 Å². The van der Waals surface area contributed by atoms with Crippen LogP contribution >= 0.6 is 0 Å². The van der Waals surface area contributed by atoms with Crippen LogP contribution in [0.5, 0.6) is 11.5 Å². The van der Waals surface area contributed by atoms with Gasteiger partial charge in [-0.05, 0) is 64.4 Å². The molecule has 1 aromatic carbocycles. The van der Waals surface area contributed by atoms with Crippen LogP contribution in [-0.2, 0) is 14.9 Å². The Morgan fingerprint density at radius 3 is 2.57 bits per heavy atom. The average molecular weight is 672 g/mol. The Labute approximate surface area is 266 Å². The van der Waals surface area contributed by atoms with Gasteiger partial charge in [-0.15, -0.1) is 0 Å². The van der Waals surface area contributed by atoms with Gasteiger partial charge >= 0.3 is 0 Å². The maximum absolute atomic E-state index is 14.2. The zero-order chi connectivity index (χ0) is 33.3. The van der Waals surface area contributed by atoms with Gasteiger partial charge in [-0.2, -0.15) is 13.1 Å². The summed E-state index contributed by atoms with van der Waals surface area (Å²) < 4.78 is 77.3. The number of anilines is 1. The molecule has 5 rings (SSSR count). The van der Waals surface area contributed by atoms with E-state index in [1.54, 1.807) is 13.8 Å². The quantitative estimate of drug-likeness (QED) is 0.322. The van der Waals surface area contributed by atoms with Crippen molar-refractivity contribution in [3.8, 4) is 11.5 Å². The molecule has 13 nitrogen and oxygen atoms in total. The molecule has 1 amide bonds. The van der Waals surface area contributed by atoms with Gasteiger partial charge in [0.25, 0.3) is 22.5 Å². The number of alkyl halides is 2. The summed E-state index contributed by atoms with van der Waals surface area (Å²) in [5.74, 6) is -2.12. The number of nitrogens with one attached hydrogen (secondary N) is 1. The van der Waals surface area contributed by atoms with Gasteiger partial charge in [0.2, 0.25) is 0 Å². The fourth-order valence-corrected chi connectivity index (χ4v) is 7.00. The predicted molar refractivity (Wildman–Crippen MR) is 161 cm³/mol. The molecule has 46 heavy (non-hydrogen) atoms. The number of hydrogen-bond donors (Lipinski definition) is 3. The second-order valence-corrected chi connectivity index (χ2v) is 14.0. The number of likely N-dealkylation sites (tertiary alicyclic amines) is 1. The third kappa shape index (κ3) is 8.24. The van der Waals surface area contributed by atoms with Crippen molar-refractivity contribution in [2.75, 3.05) is 50.8 Å². The van der Waals surface area contributed by atoms with Crippen molar-refractivity contribution in [3.05, 3.63) is 42.1 Å². The van der Waals surface area contributed by atoms with Crippen LogP contribution in [0.3, 0.4) is 0 Å². The van der Waals surface area contributed by atoms with Crippen molar-refractivity contribution in [3.63, 3.8) is 0 Å². The first-order valence-corrected chi connectivity index (χ1v) is 16.7. The van der Waals surface area contributed by atoms with Gasteiger partial charge < -0.3 is 24.4 Å². The van der Waals surface area contributed by atoms with Crippen LogP contribution in [0.1, 0.15) is 49.9 Å². The number of β-amino-alcohol motifs (C(OH)–C–C–N with tert-alkyl or cyclic N) is 1. The number of ether oxygens (including phenoxy) is 2. The number of amides is 1. The van der Waals surface area contributed by atoms with Gasteiger partial charge in [0.15, 0.2) is 17.4 Å². The van der Waals surface area contributed by atoms with Gasteiger partial charge in [0.1, 0.15) is 17.9 Å². The maximum Gasteiger partial charge on any atom is 0.274 e. The molecule has 4 heterocycles. The standard InChI is InChI=1S/C29H40F3N7O6S/c1-19(2)39(13-25(31)32)27(40)22-11-20(30)3-4-23(22)45-24-12-34-18-35-26(24)38-15-28(16-38)7-9-37(10-8-28)17-29(41)6-5-21(14-44-29)36-46(33,42)43/h3-4,11-12,18-19,21,25,36,41H,5-10,13-17H2,1-2H3,(H2,33,42,43)/t21-,29-/m1/s1. The Hall–Kier alpha value is -3.09. The van der Waals surface area contributed by atoms with E-state index in [4.69, 9.17) is 14.6 Å². The van der Waals surface area contributed by atoms with E-state index in [1.165, 1.54) is 18.6 Å². The van der Waals surface area contributed by atoms with Crippen molar-refractivity contribution in [1.82, 2.24) is 24.5 Å². The van der Waals surface area contributed by atoms with E-state index in [0.717, 1.165) is 43.0 Å². The summed E-state index contributed by atoms with van der Waals surface area (Å²) in [6.45, 7) is 5.57. The molecule has 0 aliphatic carbocycles. The third-order valence-corrected chi connectivity index (χ3v) is 9.44. The summed E-state index contributed by atoms with van der Waals surface area (Å²) in [4.78, 5) is 26.9. The van der Waals surface area contributed by atoms with Crippen LogP contribution in [-0.4, -0.2) is 109 Å². The highest BCUT2D eigenvalue weighted by Gasteiger charge is 2.47. The molecular weight excluding hydrogens is 631 g/mol. The minimum Gasteiger partial charge on any atom is -0.451 e. The number of rotatable bonds is 11. The van der Waals surface area contributed by atoms with E-state index in [0.29, 0.717) is 31.9 Å². The Kier molecular flexibility index (Phi) is 10.1. The predicted octanol–water partition coefficient (Wildman–Crippen LogP) is 2.09. The molecule has 2 atom stereocenters. The molecule has 3 fully saturated rings. The summed E-state index contributed by atoms with van der Waals surface area (Å²) in [5, 5.41) is 16.0. The number of carbonyl (C=O) groups excluding carboxylic acids is 1. The van der Waals surface area contributed by atoms with E-state index < -0.39 is 52.8 Å². The number of benzene rings is 1. The molecule has 1 spiro atoms. The van der Waals surface area contributed by atoms with Gasteiger partial charge in [-0.3, -0.25) is 9.69 Å². The molecule has 1 aromatic heterocycles. The summed E-state index contributed by atoms with van der Waals surface area (Å²) in [5.41, 5.74) is -0.167. The van der Waals surface area contributed by atoms with Crippen LogP contribution < -0.4 is 19.5 Å². The lowest BCUT2D eigenvalue weighted by atomic mass is 9.72. The summed E-state index contributed by atoms with van der Waals surface area (Å²) in [6.07, 6.45) is 2.47. The molecule has 17 heteroatoms. The molecule has 0 radical (unpaired) electrons. The van der Waals surface area contributed by atoms with Crippen LogP contribution in [0.15, 0.2) is 30.7 Å². The van der Waals surface area contributed by atoms with Gasteiger partial charge in [0, 0.05) is 37.0 Å². The molecule has 0 unspecified atom stereocenters. The van der Waals surface area contributed by atoms with Gasteiger partial charge in [0.05, 0.1) is 31.5 Å². The Balaban J connectivity index is 1.19. The Morgan fingerprint density at radius 2 is 1.96 bits per heavy atom. The molecule has 3 aliphatic rings. The third-order valence-electron chi connectivity index (χ3n) is 8.78. The average Bonchev–Trinajstić information content (AvgIpc) is 2.96. The Bertz CT molecular complexity index is 1490. The Morgan fingerprint density at radius 1 is 1.24 bits per heavy atom. The van der Waals surface area contributed by atoms with Gasteiger partial charge in [-0.1, -0.05) is 0 Å². The molecule has 3 aliphatic heterocycles. The number of carbonyl (C=O) groups is 1. The molecule has 254 valence electrons. The second kappa shape index (κ2) is 13.6. The summed E-state index contributed by atoms with van der Waals surface area (Å²) in [7, 11) is -3.85. The zero-order valence-electron chi connectivity index (χ0n) is 25.7. The molecule has 0 bridgehead atoms. The minimum absolute atomic E-state index is 0.000490. The number of nitrogens with two attached hydrogens (primary N) is 1. The van der Waals surface area contributed by atoms with Crippen molar-refractivity contribution < 1.29 is 41.0 Å². The van der Waals surface area contributed by atoms with Crippen molar-refractivity contribution in [2.45, 2.75) is 63.8 Å². The van der Waals surface area contributed by atoms with Crippen LogP contribution in [0.25, 0.3) is 0 Å². The highest BCUT2D eigenvalue weighted by molar-refractivity contribution is 7.87. The number of piperidine rings is 1. The summed E-state index contributed by atoms with van der Waals surface area (Å²) in [6, 6.07) is 2.36. The van der Waals surface area contributed by atoms with E-state index >= 15 is 0 Å². The lowest BCUT2D eigenvalue weighted by molar-refractivity contribution is -0.239. The minimum atomic E-state index is -3.85. The van der Waals surface area contributed by atoms with E-state index in [9.17, 15) is 31.5 Å². The SMILES string of the molecule is CC(C)N(CC(F)F)C(=O)c1cc(F)ccc1Oc1cncnc1N1CC2(CCN(C[C@@]3(O)CC[C@@H](NS(N)(=O)=O)CO3)CC2)C1. The second-order valence-electron chi connectivity index (χ2n) is 12.7. The molecule has 4 N–H and O–H groups in total. The first-order valence-electron chi connectivity index (χ1n) is 15.1. The van der Waals surface area contributed by atoms with Crippen molar-refractivity contribution in [1.29, 1.82) is 0 Å². The highest BCUT2D eigenvalue weighted by atomic mass is 32.2. The van der Waals surface area contributed by atoms with E-state index in [2.05, 4.69) is 19.6 Å². The molecular formula is C29H40F3N7O6S. The number of halogens is 3. The largest absolute Gasteiger partial charge is 0.451 e. The van der Waals surface area contributed by atoms with E-state index in [1.807, 2.05) is 4.90 Å². The molecule has 0 saturated carbocycles. The molecule has 2 aromatic rings. The number of aromatic nitrogens is 2. The lowest BCUT2D eigenvalue weighted by Gasteiger charge is -2.55. The van der Waals surface area contributed by atoms with Crippen LogP contribution in [0.4, 0.5) is 19.0 Å². The van der Waals surface area contributed by atoms with Gasteiger partial charge in [-0.25, -0.2) is 28.3 Å². The van der Waals surface area contributed by atoms with E-state index in [-0.39, 0.29) is 35.5 Å². The van der Waals surface area contributed by atoms with Crippen molar-refractivity contribution in [2.24, 2.45) is 10.6 Å².